The third-order valence-electron chi connectivity index (χ3n) is 13.5. The van der Waals surface area contributed by atoms with Gasteiger partial charge in [0.25, 0.3) is 0 Å². The predicted molar refractivity (Wildman–Crippen MR) is 199 cm³/mol. The minimum Gasteiger partial charge on any atom is -0.394 e. The SMILES string of the molecule is COC[C@H]1O[C@@H](O[C@H]2[C@H]3OC[C@@H]2O[C@@H](O[C@H]2[C@@H](O)[C@@H](COC)O[C@@H](O[C@H]4[C@H]5OC[C@@H]4O[C@@H](O[C@H]4[C@@H](O)[C@@H](CO)OC(O)[C@@H]4O)[C@H]5O)[C@@H]2O)[C@H]3O)[C@H](O)[C@@H](O[C@@H]2O[C@H]3CO[C@@H]([C@@H]2O)[C@@H]3O)[C@H]1O. The molecule has 380 valence electrons. The highest BCUT2D eigenvalue weighted by molar-refractivity contribution is 5.03. The van der Waals surface area contributed by atoms with Crippen LogP contribution in [-0.2, 0) is 75.8 Å². The number of rotatable bonds is 15. The van der Waals surface area contributed by atoms with Gasteiger partial charge in [0.05, 0.1) is 39.6 Å². The van der Waals surface area contributed by atoms with Gasteiger partial charge in [-0.15, -0.1) is 0 Å². The summed E-state index contributed by atoms with van der Waals surface area (Å²) in [5, 5.41) is 130. The molecule has 66 heavy (non-hydrogen) atoms. The molecule has 0 aromatic carbocycles. The summed E-state index contributed by atoms with van der Waals surface area (Å²) in [4.78, 5) is 0. The van der Waals surface area contributed by atoms with Gasteiger partial charge >= 0.3 is 0 Å². The Balaban J connectivity index is 0.844. The number of aliphatic hydroxyl groups is 12. The van der Waals surface area contributed by atoms with Crippen LogP contribution in [0.4, 0.5) is 0 Å². The molecule has 9 aliphatic rings. The first-order valence-electron chi connectivity index (χ1n) is 21.8. The fraction of sp³-hybridized carbons (Fsp3) is 1.00. The maximum atomic E-state index is 11.7. The molecule has 0 radical (unpaired) electrons. The lowest BCUT2D eigenvalue weighted by Gasteiger charge is -2.48. The quantitative estimate of drug-likeness (QED) is 0.0725. The highest BCUT2D eigenvalue weighted by atomic mass is 16.8. The van der Waals surface area contributed by atoms with Crippen molar-refractivity contribution in [3.05, 3.63) is 0 Å². The summed E-state index contributed by atoms with van der Waals surface area (Å²) < 4.78 is 91.9. The average Bonchev–Trinajstić information content (AvgIpc) is 3.88. The van der Waals surface area contributed by atoms with E-state index in [0.29, 0.717) is 0 Å². The maximum Gasteiger partial charge on any atom is 0.187 e. The number of aliphatic hydroxyl groups excluding tert-OH is 12. The minimum absolute atomic E-state index is 0.0133. The Labute approximate surface area is 375 Å². The zero-order valence-corrected chi connectivity index (χ0v) is 35.5. The fourth-order valence-corrected chi connectivity index (χ4v) is 9.92. The second-order valence-electron chi connectivity index (χ2n) is 17.7. The molecule has 1 unspecified atom stereocenters. The predicted octanol–water partition coefficient (Wildman–Crippen LogP) is -9.66. The molecular formula is C38H60O28. The van der Waals surface area contributed by atoms with Crippen LogP contribution in [-0.4, -0.2) is 299 Å². The Morgan fingerprint density at radius 2 is 0.727 bits per heavy atom. The lowest BCUT2D eigenvalue weighted by atomic mass is 9.96. The first kappa shape index (κ1) is 49.8. The lowest BCUT2D eigenvalue weighted by molar-refractivity contribution is -0.381. The van der Waals surface area contributed by atoms with Crippen molar-refractivity contribution in [1.82, 2.24) is 0 Å². The second kappa shape index (κ2) is 20.5. The molecule has 9 heterocycles. The summed E-state index contributed by atoms with van der Waals surface area (Å²) in [5.74, 6) is 0. The summed E-state index contributed by atoms with van der Waals surface area (Å²) >= 11 is 0. The molecule has 6 bridgehead atoms. The van der Waals surface area contributed by atoms with Gasteiger partial charge in [-0.2, -0.15) is 0 Å². The summed E-state index contributed by atoms with van der Waals surface area (Å²) in [6.45, 7) is -1.47. The zero-order chi connectivity index (χ0) is 46.9. The molecule has 0 aromatic rings. The van der Waals surface area contributed by atoms with E-state index >= 15 is 0 Å². The second-order valence-corrected chi connectivity index (χ2v) is 17.7. The summed E-state index contributed by atoms with van der Waals surface area (Å²) in [6.07, 6.45) is -42.5. The van der Waals surface area contributed by atoms with Gasteiger partial charge in [-0.05, 0) is 0 Å². The number of fused-ring (bicyclic) bond motifs is 6. The molecule has 9 fully saturated rings. The Morgan fingerprint density at radius 3 is 1.18 bits per heavy atom. The molecule has 0 saturated carbocycles. The number of methoxy groups -OCH3 is 2. The van der Waals surface area contributed by atoms with Crippen LogP contribution >= 0.6 is 0 Å². The van der Waals surface area contributed by atoms with Crippen molar-refractivity contribution in [1.29, 1.82) is 0 Å². The van der Waals surface area contributed by atoms with Crippen LogP contribution in [0, 0.1) is 0 Å². The monoisotopic (exact) mass is 964 g/mol. The highest BCUT2D eigenvalue weighted by Crippen LogP contribution is 2.41. The third kappa shape index (κ3) is 9.19. The molecule has 0 spiro atoms. The van der Waals surface area contributed by atoms with E-state index in [0.717, 1.165) is 0 Å². The molecule has 0 aliphatic carbocycles. The Bertz CT molecular complexity index is 1590. The van der Waals surface area contributed by atoms with E-state index < -0.39 is 191 Å². The van der Waals surface area contributed by atoms with Crippen molar-refractivity contribution in [3.8, 4) is 0 Å². The van der Waals surface area contributed by atoms with Crippen LogP contribution in [0.3, 0.4) is 0 Å². The van der Waals surface area contributed by atoms with E-state index in [4.69, 9.17) is 75.8 Å². The zero-order valence-electron chi connectivity index (χ0n) is 35.5. The smallest absolute Gasteiger partial charge is 0.187 e. The van der Waals surface area contributed by atoms with E-state index in [-0.39, 0.29) is 33.0 Å². The van der Waals surface area contributed by atoms with Gasteiger partial charge in [0, 0.05) is 14.2 Å². The standard InChI is InChI=1S/C38H60O28/c1-51-4-10-17(42)29(65-34-20(45)27-16(41)12(59-34)6-53-27)21(46)35(57-10)63-26-14-8-55-32(26)24(49)38(61-14)66-30-18(43)11(5-52-2)58-36(22(30)47)62-25-13-7-54-31(25)23(48)37(60-13)64-28-15(40)9(3-39)56-33(50)19(28)44/h9-50H,3-8H2,1-2H3/t9-,10-,11-,12+,13+,14+,15+,16-,17+,18+,19-,20+,21-,22-,23+,24+,25-,26-,27-,28+,29+,30+,31+,32+,33?,34+,35+,36+,37+,38+/m1/s1. The molecule has 12 N–H and O–H groups in total. The van der Waals surface area contributed by atoms with Crippen molar-refractivity contribution in [2.75, 3.05) is 53.9 Å². The largest absolute Gasteiger partial charge is 0.394 e. The first-order chi connectivity index (χ1) is 31.6. The molecule has 30 atom stereocenters. The first-order valence-corrected chi connectivity index (χ1v) is 21.8. The van der Waals surface area contributed by atoms with Crippen molar-refractivity contribution >= 4 is 0 Å². The van der Waals surface area contributed by atoms with Crippen LogP contribution in [0.15, 0.2) is 0 Å². The normalized spacial score (nSPS) is 55.9. The van der Waals surface area contributed by atoms with Crippen molar-refractivity contribution in [3.63, 3.8) is 0 Å². The fourth-order valence-electron chi connectivity index (χ4n) is 9.92. The number of hydrogen-bond acceptors (Lipinski definition) is 28. The van der Waals surface area contributed by atoms with Crippen LogP contribution in [0.25, 0.3) is 0 Å². The molecule has 9 rings (SSSR count). The van der Waals surface area contributed by atoms with Gasteiger partial charge in [-0.3, -0.25) is 0 Å². The van der Waals surface area contributed by atoms with Gasteiger partial charge in [0.1, 0.15) is 146 Å². The number of ether oxygens (including phenoxy) is 16. The van der Waals surface area contributed by atoms with Crippen molar-refractivity contribution in [2.45, 2.75) is 184 Å². The van der Waals surface area contributed by atoms with Gasteiger partial charge in [-0.25, -0.2) is 0 Å². The Kier molecular flexibility index (Phi) is 15.5. The molecule has 28 nitrogen and oxygen atoms in total. The number of hydrogen-bond donors (Lipinski definition) is 12. The van der Waals surface area contributed by atoms with E-state index in [1.54, 1.807) is 0 Å². The van der Waals surface area contributed by atoms with E-state index in [1.165, 1.54) is 14.2 Å². The van der Waals surface area contributed by atoms with Gasteiger partial charge in [0.2, 0.25) is 0 Å². The highest BCUT2D eigenvalue weighted by Gasteiger charge is 2.61. The summed E-state index contributed by atoms with van der Waals surface area (Å²) in [5.41, 5.74) is 0. The van der Waals surface area contributed by atoms with Crippen LogP contribution in [0.2, 0.25) is 0 Å². The topological polar surface area (TPSA) is 390 Å². The van der Waals surface area contributed by atoms with E-state index in [2.05, 4.69) is 0 Å². The maximum absolute atomic E-state index is 11.7. The van der Waals surface area contributed by atoms with Crippen molar-refractivity contribution in [2.24, 2.45) is 0 Å². The van der Waals surface area contributed by atoms with Crippen LogP contribution in [0.1, 0.15) is 0 Å². The van der Waals surface area contributed by atoms with Crippen LogP contribution < -0.4 is 0 Å². The van der Waals surface area contributed by atoms with E-state index in [1.807, 2.05) is 0 Å². The average molecular weight is 965 g/mol. The lowest BCUT2D eigenvalue weighted by Crippen LogP contribution is -2.66. The Morgan fingerprint density at radius 1 is 0.364 bits per heavy atom. The molecule has 0 aromatic heterocycles. The van der Waals surface area contributed by atoms with Gasteiger partial charge < -0.3 is 137 Å². The van der Waals surface area contributed by atoms with Gasteiger partial charge in [0.15, 0.2) is 37.7 Å². The molecule has 9 saturated heterocycles. The van der Waals surface area contributed by atoms with E-state index in [9.17, 15) is 61.3 Å². The third-order valence-corrected chi connectivity index (χ3v) is 13.5. The summed E-state index contributed by atoms with van der Waals surface area (Å²) in [6, 6.07) is 0. The van der Waals surface area contributed by atoms with Gasteiger partial charge in [-0.1, -0.05) is 0 Å². The molecule has 28 heteroatoms. The Hall–Kier alpha value is -1.12. The summed E-state index contributed by atoms with van der Waals surface area (Å²) in [7, 11) is 2.69. The molecule has 9 aliphatic heterocycles. The minimum atomic E-state index is -1.83. The molecule has 0 amide bonds. The molecular weight excluding hydrogens is 904 g/mol. The van der Waals surface area contributed by atoms with Crippen LogP contribution in [0.5, 0.6) is 0 Å². The van der Waals surface area contributed by atoms with Crippen molar-refractivity contribution < 1.29 is 137 Å².